The maximum absolute atomic E-state index is 13.8. The van der Waals surface area contributed by atoms with Gasteiger partial charge >= 0.3 is 0 Å². The zero-order valence-electron chi connectivity index (χ0n) is 9.88. The summed E-state index contributed by atoms with van der Waals surface area (Å²) in [5, 5.41) is 6.69. The molecule has 2 N–H and O–H groups in total. The van der Waals surface area contributed by atoms with E-state index >= 15 is 0 Å². The number of benzene rings is 1. The molecule has 4 heteroatoms. The van der Waals surface area contributed by atoms with Crippen molar-refractivity contribution in [2.45, 2.75) is 18.9 Å². The van der Waals surface area contributed by atoms with Gasteiger partial charge in [0.15, 0.2) is 0 Å². The molecule has 2 fully saturated rings. The Balaban J connectivity index is 1.79. The number of anilines is 2. The lowest BCUT2D eigenvalue weighted by Gasteiger charge is -2.30. The molecule has 0 aromatic heterocycles. The second-order valence-corrected chi connectivity index (χ2v) is 4.82. The van der Waals surface area contributed by atoms with E-state index in [-0.39, 0.29) is 5.82 Å². The summed E-state index contributed by atoms with van der Waals surface area (Å²) < 4.78 is 13.8. The Labute approximate surface area is 101 Å². The molecule has 1 saturated heterocycles. The van der Waals surface area contributed by atoms with E-state index < -0.39 is 0 Å². The van der Waals surface area contributed by atoms with Gasteiger partial charge in [-0.25, -0.2) is 4.39 Å². The summed E-state index contributed by atoms with van der Waals surface area (Å²) in [6.07, 6.45) is 2.47. The molecule has 0 atom stereocenters. The van der Waals surface area contributed by atoms with Crippen LogP contribution in [-0.2, 0) is 0 Å². The fourth-order valence-electron chi connectivity index (χ4n) is 2.21. The maximum atomic E-state index is 13.8. The van der Waals surface area contributed by atoms with Crippen molar-refractivity contribution in [2.24, 2.45) is 0 Å². The number of hydrogen-bond acceptors (Lipinski definition) is 3. The molecule has 0 radical (unpaired) electrons. The van der Waals surface area contributed by atoms with Crippen LogP contribution in [0.2, 0.25) is 0 Å². The van der Waals surface area contributed by atoms with Gasteiger partial charge in [-0.15, -0.1) is 0 Å². The van der Waals surface area contributed by atoms with Gasteiger partial charge in [0.1, 0.15) is 5.82 Å². The smallest absolute Gasteiger partial charge is 0.146 e. The van der Waals surface area contributed by atoms with Crippen LogP contribution in [0.15, 0.2) is 18.2 Å². The quantitative estimate of drug-likeness (QED) is 0.836. The van der Waals surface area contributed by atoms with Crippen LogP contribution in [0.4, 0.5) is 15.8 Å². The monoisotopic (exact) mass is 235 g/mol. The molecule has 3 nitrogen and oxygen atoms in total. The zero-order chi connectivity index (χ0) is 11.7. The highest BCUT2D eigenvalue weighted by Gasteiger charge is 2.22. The van der Waals surface area contributed by atoms with Crippen molar-refractivity contribution in [2.75, 3.05) is 36.4 Å². The van der Waals surface area contributed by atoms with Crippen molar-refractivity contribution < 1.29 is 4.39 Å². The van der Waals surface area contributed by atoms with E-state index in [0.29, 0.717) is 6.04 Å². The molecule has 92 valence electrons. The molecule has 17 heavy (non-hydrogen) atoms. The molecule has 1 aliphatic heterocycles. The largest absolute Gasteiger partial charge is 0.382 e. The number of piperazine rings is 1. The predicted octanol–water partition coefficient (Wildman–Crippen LogP) is 1.81. The summed E-state index contributed by atoms with van der Waals surface area (Å²) in [5.74, 6) is -0.117. The molecule has 0 bridgehead atoms. The van der Waals surface area contributed by atoms with Gasteiger partial charge in [-0.2, -0.15) is 0 Å². The van der Waals surface area contributed by atoms with Gasteiger partial charge in [0.25, 0.3) is 0 Å². The average Bonchev–Trinajstić information content (AvgIpc) is 3.17. The topological polar surface area (TPSA) is 27.3 Å². The summed E-state index contributed by atoms with van der Waals surface area (Å²) in [4.78, 5) is 2.11. The van der Waals surface area contributed by atoms with Crippen LogP contribution < -0.4 is 15.5 Å². The molecule has 3 rings (SSSR count). The number of rotatable bonds is 3. The third kappa shape index (κ3) is 2.52. The highest BCUT2D eigenvalue weighted by atomic mass is 19.1. The number of hydrogen-bond donors (Lipinski definition) is 2. The minimum Gasteiger partial charge on any atom is -0.382 e. The molecular weight excluding hydrogens is 217 g/mol. The van der Waals surface area contributed by atoms with E-state index in [4.69, 9.17) is 0 Å². The Morgan fingerprint density at radius 2 is 2.00 bits per heavy atom. The van der Waals surface area contributed by atoms with Gasteiger partial charge < -0.3 is 15.5 Å². The lowest BCUT2D eigenvalue weighted by atomic mass is 10.2. The van der Waals surface area contributed by atoms with Crippen molar-refractivity contribution in [1.82, 2.24) is 5.32 Å². The van der Waals surface area contributed by atoms with Crippen LogP contribution in [0.3, 0.4) is 0 Å². The van der Waals surface area contributed by atoms with Crippen LogP contribution in [-0.4, -0.2) is 32.2 Å². The summed E-state index contributed by atoms with van der Waals surface area (Å²) in [7, 11) is 0. The van der Waals surface area contributed by atoms with Crippen molar-refractivity contribution in [3.05, 3.63) is 24.0 Å². The summed E-state index contributed by atoms with van der Waals surface area (Å²) in [5.41, 5.74) is 1.78. The van der Waals surface area contributed by atoms with E-state index in [1.807, 2.05) is 12.1 Å². The van der Waals surface area contributed by atoms with Crippen molar-refractivity contribution >= 4 is 11.4 Å². The van der Waals surface area contributed by atoms with Crippen LogP contribution in [0, 0.1) is 5.82 Å². The second-order valence-electron chi connectivity index (χ2n) is 4.82. The molecule has 1 aromatic rings. The lowest BCUT2D eigenvalue weighted by molar-refractivity contribution is 0.566. The molecular formula is C13H18FN3. The summed E-state index contributed by atoms with van der Waals surface area (Å²) in [6, 6.07) is 5.96. The fraction of sp³-hybridized carbons (Fsp3) is 0.538. The Hall–Kier alpha value is -1.29. The minimum absolute atomic E-state index is 0.117. The summed E-state index contributed by atoms with van der Waals surface area (Å²) in [6.45, 7) is 3.62. The first-order valence-electron chi connectivity index (χ1n) is 6.35. The zero-order valence-corrected chi connectivity index (χ0v) is 9.88. The maximum Gasteiger partial charge on any atom is 0.146 e. The van der Waals surface area contributed by atoms with Crippen molar-refractivity contribution in [1.29, 1.82) is 0 Å². The van der Waals surface area contributed by atoms with E-state index in [0.717, 1.165) is 37.6 Å². The van der Waals surface area contributed by atoms with Gasteiger partial charge in [-0.3, -0.25) is 0 Å². The second kappa shape index (κ2) is 4.53. The van der Waals surface area contributed by atoms with Crippen LogP contribution >= 0.6 is 0 Å². The van der Waals surface area contributed by atoms with Gasteiger partial charge in [0.2, 0.25) is 0 Å². The number of nitrogens with one attached hydrogen (secondary N) is 2. The normalized spacial score (nSPS) is 20.4. The van der Waals surface area contributed by atoms with E-state index in [2.05, 4.69) is 15.5 Å². The SMILES string of the molecule is Fc1ccc(NC2CC2)cc1N1CCNCC1. The van der Waals surface area contributed by atoms with E-state index in [1.165, 1.54) is 12.8 Å². The van der Waals surface area contributed by atoms with Gasteiger partial charge in [-0.1, -0.05) is 0 Å². The molecule has 1 heterocycles. The number of halogens is 1. The third-order valence-electron chi connectivity index (χ3n) is 3.35. The first kappa shape index (κ1) is 10.8. The van der Waals surface area contributed by atoms with Gasteiger partial charge in [0.05, 0.1) is 5.69 Å². The minimum atomic E-state index is -0.117. The highest BCUT2D eigenvalue weighted by Crippen LogP contribution is 2.28. The van der Waals surface area contributed by atoms with Gasteiger partial charge in [0, 0.05) is 37.9 Å². The lowest BCUT2D eigenvalue weighted by Crippen LogP contribution is -2.43. The standard InChI is InChI=1S/C13H18FN3/c14-12-4-3-11(16-10-1-2-10)9-13(12)17-7-5-15-6-8-17/h3-4,9-10,15-16H,1-2,5-8H2. The molecule has 1 aliphatic carbocycles. The third-order valence-corrected chi connectivity index (χ3v) is 3.35. The average molecular weight is 235 g/mol. The van der Waals surface area contributed by atoms with Crippen molar-refractivity contribution in [3.63, 3.8) is 0 Å². The molecule has 2 aliphatic rings. The Bertz CT molecular complexity index is 398. The molecule has 1 aromatic carbocycles. The highest BCUT2D eigenvalue weighted by molar-refractivity contribution is 5.60. The Kier molecular flexibility index (Phi) is 2.89. The molecule has 0 unspecified atom stereocenters. The Morgan fingerprint density at radius 1 is 1.24 bits per heavy atom. The van der Waals surface area contributed by atoms with E-state index in [1.54, 1.807) is 6.07 Å². The molecule has 0 amide bonds. The number of nitrogens with zero attached hydrogens (tertiary/aromatic N) is 1. The first-order valence-corrected chi connectivity index (χ1v) is 6.35. The predicted molar refractivity (Wildman–Crippen MR) is 68.1 cm³/mol. The summed E-state index contributed by atoms with van der Waals surface area (Å²) >= 11 is 0. The molecule has 1 saturated carbocycles. The van der Waals surface area contributed by atoms with Crippen LogP contribution in [0.1, 0.15) is 12.8 Å². The fourth-order valence-corrected chi connectivity index (χ4v) is 2.21. The molecule has 0 spiro atoms. The van der Waals surface area contributed by atoms with Crippen LogP contribution in [0.25, 0.3) is 0 Å². The van der Waals surface area contributed by atoms with Crippen LogP contribution in [0.5, 0.6) is 0 Å². The Morgan fingerprint density at radius 3 is 2.71 bits per heavy atom. The van der Waals surface area contributed by atoms with Crippen molar-refractivity contribution in [3.8, 4) is 0 Å². The van der Waals surface area contributed by atoms with Gasteiger partial charge in [-0.05, 0) is 31.0 Å². The first-order chi connectivity index (χ1) is 8.33. The van der Waals surface area contributed by atoms with E-state index in [9.17, 15) is 4.39 Å².